The molecular formula is C21H23N3O2. The molecule has 0 N–H and O–H groups in total. The van der Waals surface area contributed by atoms with Gasteiger partial charge in [0.15, 0.2) is 0 Å². The van der Waals surface area contributed by atoms with Crippen LogP contribution < -0.4 is 4.74 Å². The number of ether oxygens (including phenoxy) is 1. The lowest BCUT2D eigenvalue weighted by Gasteiger charge is -2.36. The summed E-state index contributed by atoms with van der Waals surface area (Å²) in [6.45, 7) is 3.89. The van der Waals surface area contributed by atoms with Crippen molar-refractivity contribution in [3.63, 3.8) is 0 Å². The Hall–Kier alpha value is -2.66. The standard InChI is InChI=1S/C21H23N3O2/c1-3-18-16-9-5-4-8-15(16)12-13-24(18)14-20-22-21(23-26-20)17-10-6-7-11-19(17)25-2/h4-11,18H,3,12-14H2,1-2H3. The molecule has 4 rings (SSSR count). The molecule has 0 aliphatic carbocycles. The third kappa shape index (κ3) is 3.10. The van der Waals surface area contributed by atoms with Gasteiger partial charge in [0.1, 0.15) is 5.75 Å². The van der Waals surface area contributed by atoms with Crippen LogP contribution in [-0.2, 0) is 13.0 Å². The van der Waals surface area contributed by atoms with Crippen molar-refractivity contribution in [3.05, 3.63) is 65.5 Å². The molecule has 1 unspecified atom stereocenters. The van der Waals surface area contributed by atoms with Crippen LogP contribution >= 0.6 is 0 Å². The Kier molecular flexibility index (Phi) is 4.71. The Bertz CT molecular complexity index is 890. The highest BCUT2D eigenvalue weighted by molar-refractivity contribution is 5.63. The Morgan fingerprint density at radius 1 is 1.15 bits per heavy atom. The minimum Gasteiger partial charge on any atom is -0.496 e. The molecule has 2 aromatic carbocycles. The molecule has 3 aromatic rings. The molecule has 1 aromatic heterocycles. The summed E-state index contributed by atoms with van der Waals surface area (Å²) in [5.74, 6) is 1.96. The van der Waals surface area contributed by atoms with Crippen LogP contribution in [0.2, 0.25) is 0 Å². The Morgan fingerprint density at radius 3 is 2.81 bits per heavy atom. The van der Waals surface area contributed by atoms with Crippen LogP contribution in [0.1, 0.15) is 36.4 Å². The number of rotatable bonds is 5. The first kappa shape index (κ1) is 16.8. The fourth-order valence-electron chi connectivity index (χ4n) is 3.80. The number of fused-ring (bicyclic) bond motifs is 1. The molecule has 0 amide bonds. The zero-order chi connectivity index (χ0) is 17.9. The number of methoxy groups -OCH3 is 1. The van der Waals surface area contributed by atoms with E-state index in [0.29, 0.717) is 24.3 Å². The lowest BCUT2D eigenvalue weighted by molar-refractivity contribution is 0.150. The maximum absolute atomic E-state index is 5.54. The van der Waals surface area contributed by atoms with Crippen molar-refractivity contribution in [2.45, 2.75) is 32.4 Å². The Balaban J connectivity index is 1.56. The van der Waals surface area contributed by atoms with Crippen molar-refractivity contribution in [2.24, 2.45) is 0 Å². The quantitative estimate of drug-likeness (QED) is 0.689. The number of hydrogen-bond acceptors (Lipinski definition) is 5. The monoisotopic (exact) mass is 349 g/mol. The van der Waals surface area contributed by atoms with E-state index < -0.39 is 0 Å². The van der Waals surface area contributed by atoms with E-state index >= 15 is 0 Å². The van der Waals surface area contributed by atoms with E-state index in [1.54, 1.807) is 7.11 Å². The SMILES string of the molecule is CCC1c2ccccc2CCN1Cc1nc(-c2ccccc2OC)no1. The second-order valence-electron chi connectivity index (χ2n) is 6.56. The predicted octanol–water partition coefficient (Wildman–Crippen LogP) is 4.25. The topological polar surface area (TPSA) is 51.4 Å². The van der Waals surface area contributed by atoms with E-state index in [0.717, 1.165) is 30.7 Å². The summed E-state index contributed by atoms with van der Waals surface area (Å²) in [5.41, 5.74) is 3.72. The molecule has 0 fully saturated rings. The van der Waals surface area contributed by atoms with Crippen molar-refractivity contribution >= 4 is 0 Å². The van der Waals surface area contributed by atoms with Gasteiger partial charge in [-0.25, -0.2) is 0 Å². The van der Waals surface area contributed by atoms with Crippen LogP contribution in [0.3, 0.4) is 0 Å². The third-order valence-corrected chi connectivity index (χ3v) is 5.06. The van der Waals surface area contributed by atoms with Gasteiger partial charge in [-0.15, -0.1) is 0 Å². The maximum Gasteiger partial charge on any atom is 0.241 e. The molecule has 5 nitrogen and oxygen atoms in total. The Labute approximate surface area is 153 Å². The van der Waals surface area contributed by atoms with E-state index in [1.807, 2.05) is 24.3 Å². The van der Waals surface area contributed by atoms with Gasteiger partial charge < -0.3 is 9.26 Å². The molecule has 26 heavy (non-hydrogen) atoms. The molecular weight excluding hydrogens is 326 g/mol. The van der Waals surface area contributed by atoms with Crippen LogP contribution in [0.5, 0.6) is 5.75 Å². The van der Waals surface area contributed by atoms with Gasteiger partial charge in [0.2, 0.25) is 11.7 Å². The molecule has 1 aliphatic rings. The van der Waals surface area contributed by atoms with Gasteiger partial charge in [0.25, 0.3) is 0 Å². The number of para-hydroxylation sites is 1. The summed E-state index contributed by atoms with van der Waals surface area (Å²) in [6, 6.07) is 16.8. The number of nitrogens with zero attached hydrogens (tertiary/aromatic N) is 3. The fourth-order valence-corrected chi connectivity index (χ4v) is 3.80. The van der Waals surface area contributed by atoms with Crippen LogP contribution in [0, 0.1) is 0 Å². The molecule has 1 aliphatic heterocycles. The molecule has 0 spiro atoms. The highest BCUT2D eigenvalue weighted by Crippen LogP contribution is 2.33. The lowest BCUT2D eigenvalue weighted by Crippen LogP contribution is -2.34. The first-order chi connectivity index (χ1) is 12.8. The minimum absolute atomic E-state index is 0.390. The molecule has 0 saturated heterocycles. The van der Waals surface area contributed by atoms with Gasteiger partial charge in [-0.2, -0.15) is 4.98 Å². The van der Waals surface area contributed by atoms with E-state index in [9.17, 15) is 0 Å². The van der Waals surface area contributed by atoms with Gasteiger partial charge in [-0.1, -0.05) is 48.5 Å². The van der Waals surface area contributed by atoms with E-state index in [1.165, 1.54) is 11.1 Å². The zero-order valence-corrected chi connectivity index (χ0v) is 15.2. The first-order valence-corrected chi connectivity index (χ1v) is 9.08. The number of aromatic nitrogens is 2. The molecule has 134 valence electrons. The molecule has 5 heteroatoms. The Morgan fingerprint density at radius 2 is 1.96 bits per heavy atom. The smallest absolute Gasteiger partial charge is 0.241 e. The fraction of sp³-hybridized carbons (Fsp3) is 0.333. The van der Waals surface area contributed by atoms with Gasteiger partial charge in [0.05, 0.1) is 19.2 Å². The van der Waals surface area contributed by atoms with E-state index in [4.69, 9.17) is 9.26 Å². The van der Waals surface area contributed by atoms with Crippen molar-refractivity contribution in [3.8, 4) is 17.1 Å². The molecule has 0 saturated carbocycles. The predicted molar refractivity (Wildman–Crippen MR) is 99.9 cm³/mol. The van der Waals surface area contributed by atoms with Crippen LogP contribution in [0.15, 0.2) is 53.1 Å². The van der Waals surface area contributed by atoms with Crippen LogP contribution in [0.4, 0.5) is 0 Å². The highest BCUT2D eigenvalue weighted by atomic mass is 16.5. The van der Waals surface area contributed by atoms with Crippen LogP contribution in [0.25, 0.3) is 11.4 Å². The summed E-state index contributed by atoms with van der Waals surface area (Å²) in [7, 11) is 1.65. The lowest BCUT2D eigenvalue weighted by atomic mass is 9.91. The minimum atomic E-state index is 0.390. The summed E-state index contributed by atoms with van der Waals surface area (Å²) in [4.78, 5) is 7.04. The first-order valence-electron chi connectivity index (χ1n) is 9.08. The van der Waals surface area contributed by atoms with Crippen molar-refractivity contribution in [2.75, 3.05) is 13.7 Å². The summed E-state index contributed by atoms with van der Waals surface area (Å²) >= 11 is 0. The van der Waals surface area contributed by atoms with Crippen molar-refractivity contribution < 1.29 is 9.26 Å². The largest absolute Gasteiger partial charge is 0.496 e. The normalized spacial score (nSPS) is 17.1. The average Bonchev–Trinajstić information content (AvgIpc) is 3.16. The average molecular weight is 349 g/mol. The highest BCUT2D eigenvalue weighted by Gasteiger charge is 2.27. The van der Waals surface area contributed by atoms with Crippen molar-refractivity contribution in [1.82, 2.24) is 15.0 Å². The maximum atomic E-state index is 5.54. The summed E-state index contributed by atoms with van der Waals surface area (Å²) in [6.07, 6.45) is 2.12. The number of benzene rings is 2. The molecule has 0 radical (unpaired) electrons. The van der Waals surface area contributed by atoms with Gasteiger partial charge >= 0.3 is 0 Å². The van der Waals surface area contributed by atoms with Crippen LogP contribution in [-0.4, -0.2) is 28.7 Å². The zero-order valence-electron chi connectivity index (χ0n) is 15.2. The van der Waals surface area contributed by atoms with Gasteiger partial charge in [0, 0.05) is 12.6 Å². The summed E-state index contributed by atoms with van der Waals surface area (Å²) in [5, 5.41) is 4.16. The number of hydrogen-bond donors (Lipinski definition) is 0. The van der Waals surface area contributed by atoms with Gasteiger partial charge in [-0.3, -0.25) is 4.90 Å². The van der Waals surface area contributed by atoms with E-state index in [-0.39, 0.29) is 0 Å². The molecule has 0 bridgehead atoms. The summed E-state index contributed by atoms with van der Waals surface area (Å²) < 4.78 is 10.9. The van der Waals surface area contributed by atoms with Crippen molar-refractivity contribution in [1.29, 1.82) is 0 Å². The molecule has 1 atom stereocenters. The van der Waals surface area contributed by atoms with Gasteiger partial charge in [-0.05, 0) is 36.1 Å². The third-order valence-electron chi connectivity index (χ3n) is 5.06. The van der Waals surface area contributed by atoms with E-state index in [2.05, 4.69) is 46.2 Å². The second-order valence-corrected chi connectivity index (χ2v) is 6.56. The molecule has 2 heterocycles. The second kappa shape index (κ2) is 7.30.